The lowest BCUT2D eigenvalue weighted by molar-refractivity contribution is -0.126. The maximum absolute atomic E-state index is 11.4. The second-order valence-electron chi connectivity index (χ2n) is 3.36. The Bertz CT molecular complexity index is 366. The number of rotatable bonds is 5. The van der Waals surface area contributed by atoms with Gasteiger partial charge in [0.25, 0.3) is 0 Å². The number of aromatic nitrogens is 1. The Balaban J connectivity index is 2.38. The van der Waals surface area contributed by atoms with Crippen molar-refractivity contribution in [2.24, 2.45) is 11.5 Å². The van der Waals surface area contributed by atoms with Gasteiger partial charge < -0.3 is 16.8 Å². The highest BCUT2D eigenvalue weighted by molar-refractivity contribution is 5.87. The van der Waals surface area contributed by atoms with Crippen LogP contribution in [-0.2, 0) is 16.1 Å². The molecule has 6 nitrogen and oxygen atoms in total. The molecule has 1 aromatic rings. The van der Waals surface area contributed by atoms with Crippen LogP contribution >= 0.6 is 0 Å². The molecule has 0 spiro atoms. The van der Waals surface area contributed by atoms with Crippen LogP contribution in [0, 0.1) is 0 Å². The predicted molar refractivity (Wildman–Crippen MR) is 57.9 cm³/mol. The highest BCUT2D eigenvalue weighted by Gasteiger charge is 2.15. The molecule has 86 valence electrons. The van der Waals surface area contributed by atoms with Gasteiger partial charge in [0, 0.05) is 18.9 Å². The van der Waals surface area contributed by atoms with E-state index in [2.05, 4.69) is 10.3 Å². The van der Waals surface area contributed by atoms with Crippen LogP contribution < -0.4 is 16.8 Å². The zero-order chi connectivity index (χ0) is 12.0. The van der Waals surface area contributed by atoms with Gasteiger partial charge in [-0.25, -0.2) is 0 Å². The van der Waals surface area contributed by atoms with Crippen molar-refractivity contribution in [2.75, 3.05) is 0 Å². The molecule has 1 atom stereocenters. The van der Waals surface area contributed by atoms with Gasteiger partial charge in [-0.1, -0.05) is 6.07 Å². The lowest BCUT2D eigenvalue weighted by Gasteiger charge is -2.10. The number of nitrogens with zero attached hydrogens (tertiary/aromatic N) is 1. The van der Waals surface area contributed by atoms with E-state index in [0.29, 0.717) is 6.54 Å². The number of pyridine rings is 1. The second-order valence-corrected chi connectivity index (χ2v) is 3.36. The van der Waals surface area contributed by atoms with Crippen molar-refractivity contribution in [3.8, 4) is 0 Å². The van der Waals surface area contributed by atoms with Crippen LogP contribution in [0.4, 0.5) is 0 Å². The van der Waals surface area contributed by atoms with Crippen molar-refractivity contribution in [3.05, 3.63) is 30.1 Å². The minimum absolute atomic E-state index is 0.154. The van der Waals surface area contributed by atoms with Gasteiger partial charge >= 0.3 is 0 Å². The fraction of sp³-hybridized carbons (Fsp3) is 0.300. The summed E-state index contributed by atoms with van der Waals surface area (Å²) in [6.45, 7) is 0.332. The van der Waals surface area contributed by atoms with Gasteiger partial charge in [0.05, 0.1) is 12.5 Å². The lowest BCUT2D eigenvalue weighted by atomic mass is 10.2. The average Bonchev–Trinajstić information content (AvgIpc) is 2.26. The van der Waals surface area contributed by atoms with Gasteiger partial charge in [0.2, 0.25) is 11.8 Å². The Labute approximate surface area is 93.0 Å². The summed E-state index contributed by atoms with van der Waals surface area (Å²) in [4.78, 5) is 25.8. The highest BCUT2D eigenvalue weighted by atomic mass is 16.2. The van der Waals surface area contributed by atoms with Crippen LogP contribution in [0.15, 0.2) is 24.5 Å². The van der Waals surface area contributed by atoms with Crippen LogP contribution in [-0.4, -0.2) is 22.8 Å². The summed E-state index contributed by atoms with van der Waals surface area (Å²) in [6.07, 6.45) is 3.13. The predicted octanol–water partition coefficient (Wildman–Crippen LogP) is -1.10. The van der Waals surface area contributed by atoms with Crippen molar-refractivity contribution in [1.29, 1.82) is 0 Å². The van der Waals surface area contributed by atoms with Crippen molar-refractivity contribution in [3.63, 3.8) is 0 Å². The Morgan fingerprint density at radius 1 is 1.50 bits per heavy atom. The Morgan fingerprint density at radius 3 is 2.81 bits per heavy atom. The van der Waals surface area contributed by atoms with Gasteiger partial charge in [0.15, 0.2) is 0 Å². The first-order valence-electron chi connectivity index (χ1n) is 4.80. The smallest absolute Gasteiger partial charge is 0.237 e. The van der Waals surface area contributed by atoms with Gasteiger partial charge in [-0.3, -0.25) is 14.6 Å². The first kappa shape index (κ1) is 12.1. The first-order valence-corrected chi connectivity index (χ1v) is 4.80. The minimum Gasteiger partial charge on any atom is -0.370 e. The summed E-state index contributed by atoms with van der Waals surface area (Å²) in [5.41, 5.74) is 11.2. The lowest BCUT2D eigenvalue weighted by Crippen LogP contribution is -2.42. The average molecular weight is 222 g/mol. The third kappa shape index (κ3) is 4.05. The molecule has 1 rings (SSSR count). The molecule has 0 saturated carbocycles. The molecule has 1 unspecified atom stereocenters. The quantitative estimate of drug-likeness (QED) is 0.587. The normalized spacial score (nSPS) is 11.8. The maximum atomic E-state index is 11.4. The summed E-state index contributed by atoms with van der Waals surface area (Å²) < 4.78 is 0. The van der Waals surface area contributed by atoms with Crippen LogP contribution in [0.3, 0.4) is 0 Å². The van der Waals surface area contributed by atoms with Gasteiger partial charge in [-0.15, -0.1) is 0 Å². The maximum Gasteiger partial charge on any atom is 0.237 e. The minimum atomic E-state index is -0.894. The fourth-order valence-electron chi connectivity index (χ4n) is 1.13. The number of carbonyl (C=O) groups excluding carboxylic acids is 2. The Hall–Kier alpha value is -1.95. The van der Waals surface area contributed by atoms with Gasteiger partial charge in [-0.2, -0.15) is 0 Å². The van der Waals surface area contributed by atoms with Crippen LogP contribution in [0.25, 0.3) is 0 Å². The molecule has 0 saturated heterocycles. The Morgan fingerprint density at radius 2 is 2.25 bits per heavy atom. The molecule has 5 N–H and O–H groups in total. The number of amides is 2. The molecule has 1 heterocycles. The molecule has 1 aromatic heterocycles. The van der Waals surface area contributed by atoms with E-state index >= 15 is 0 Å². The monoisotopic (exact) mass is 222 g/mol. The van der Waals surface area contributed by atoms with E-state index in [1.807, 2.05) is 6.07 Å². The molecular weight excluding hydrogens is 208 g/mol. The molecule has 0 bridgehead atoms. The largest absolute Gasteiger partial charge is 0.370 e. The Kier molecular flexibility index (Phi) is 4.41. The summed E-state index contributed by atoms with van der Waals surface area (Å²) in [6, 6.07) is 2.70. The molecular formula is C10H14N4O2. The van der Waals surface area contributed by atoms with E-state index in [-0.39, 0.29) is 6.42 Å². The second kappa shape index (κ2) is 5.82. The fourth-order valence-corrected chi connectivity index (χ4v) is 1.13. The van der Waals surface area contributed by atoms with E-state index in [0.717, 1.165) is 5.56 Å². The number of primary amides is 1. The number of carbonyl (C=O) groups is 2. The number of nitrogens with one attached hydrogen (secondary N) is 1. The molecule has 6 heteroatoms. The molecule has 0 radical (unpaired) electrons. The molecule has 0 aliphatic carbocycles. The molecule has 2 amide bonds. The third-order valence-corrected chi connectivity index (χ3v) is 1.95. The van der Waals surface area contributed by atoms with Crippen LogP contribution in [0.5, 0.6) is 0 Å². The molecule has 16 heavy (non-hydrogen) atoms. The van der Waals surface area contributed by atoms with E-state index < -0.39 is 17.9 Å². The van der Waals surface area contributed by atoms with E-state index in [9.17, 15) is 9.59 Å². The highest BCUT2D eigenvalue weighted by Crippen LogP contribution is 1.95. The topological polar surface area (TPSA) is 111 Å². The molecule has 0 fully saturated rings. The SMILES string of the molecule is NC(=O)CC(N)C(=O)NCc1cccnc1. The zero-order valence-corrected chi connectivity index (χ0v) is 8.72. The van der Waals surface area contributed by atoms with Crippen LogP contribution in [0.1, 0.15) is 12.0 Å². The van der Waals surface area contributed by atoms with E-state index in [1.165, 1.54) is 0 Å². The number of hydrogen-bond donors (Lipinski definition) is 3. The van der Waals surface area contributed by atoms with Crippen LogP contribution in [0.2, 0.25) is 0 Å². The van der Waals surface area contributed by atoms with Crippen molar-refractivity contribution >= 4 is 11.8 Å². The number of nitrogens with two attached hydrogens (primary N) is 2. The summed E-state index contributed by atoms with van der Waals surface area (Å²) in [5.74, 6) is -0.994. The van der Waals surface area contributed by atoms with E-state index in [1.54, 1.807) is 18.5 Å². The van der Waals surface area contributed by atoms with Gasteiger partial charge in [-0.05, 0) is 11.6 Å². The van der Waals surface area contributed by atoms with E-state index in [4.69, 9.17) is 11.5 Å². The van der Waals surface area contributed by atoms with Crippen molar-refractivity contribution in [2.45, 2.75) is 19.0 Å². The molecule has 0 aliphatic heterocycles. The summed E-state index contributed by atoms with van der Waals surface area (Å²) in [7, 11) is 0. The first-order chi connectivity index (χ1) is 7.59. The van der Waals surface area contributed by atoms with Crippen molar-refractivity contribution in [1.82, 2.24) is 10.3 Å². The summed E-state index contributed by atoms with van der Waals surface area (Å²) >= 11 is 0. The standard InChI is InChI=1S/C10H14N4O2/c11-8(4-9(12)15)10(16)14-6-7-2-1-3-13-5-7/h1-3,5,8H,4,6,11H2,(H2,12,15)(H,14,16). The number of hydrogen-bond acceptors (Lipinski definition) is 4. The zero-order valence-electron chi connectivity index (χ0n) is 8.72. The van der Waals surface area contributed by atoms with Gasteiger partial charge in [0.1, 0.15) is 0 Å². The third-order valence-electron chi connectivity index (χ3n) is 1.95. The molecule has 0 aliphatic rings. The summed E-state index contributed by atoms with van der Waals surface area (Å²) in [5, 5.41) is 2.59. The molecule has 0 aromatic carbocycles. The van der Waals surface area contributed by atoms with Crippen molar-refractivity contribution < 1.29 is 9.59 Å².